The number of nitrogens with zero attached hydrogens (tertiary/aromatic N) is 1. The van der Waals surface area contributed by atoms with Gasteiger partial charge in [-0.05, 0) is 5.92 Å². The third-order valence-electron chi connectivity index (χ3n) is 1.85. The molecule has 0 aliphatic rings. The molecule has 1 aromatic rings. The van der Waals surface area contributed by atoms with Gasteiger partial charge in [0, 0.05) is 18.4 Å². The van der Waals surface area contributed by atoms with Gasteiger partial charge in [0.15, 0.2) is 17.5 Å². The SMILES string of the molecule is CC(CO)CSc1nc(NN)c(F)cc1F. The normalized spacial score (nSPS) is 12.6. The number of hydrazine groups is 1. The summed E-state index contributed by atoms with van der Waals surface area (Å²) in [5.74, 6) is 3.79. The maximum Gasteiger partial charge on any atom is 0.177 e. The van der Waals surface area contributed by atoms with Crippen molar-refractivity contribution in [2.24, 2.45) is 11.8 Å². The van der Waals surface area contributed by atoms with Crippen molar-refractivity contribution >= 4 is 17.6 Å². The third kappa shape index (κ3) is 3.29. The second kappa shape index (κ2) is 5.97. The second-order valence-electron chi connectivity index (χ2n) is 3.35. The number of nitrogen functional groups attached to an aromatic ring is 1. The topological polar surface area (TPSA) is 71.2 Å². The van der Waals surface area contributed by atoms with E-state index in [-0.39, 0.29) is 23.4 Å². The summed E-state index contributed by atoms with van der Waals surface area (Å²) in [6.07, 6.45) is 0. The summed E-state index contributed by atoms with van der Waals surface area (Å²) in [7, 11) is 0. The number of aromatic nitrogens is 1. The van der Waals surface area contributed by atoms with Crippen LogP contribution in [0.4, 0.5) is 14.6 Å². The zero-order valence-electron chi connectivity index (χ0n) is 8.70. The van der Waals surface area contributed by atoms with Crippen molar-refractivity contribution in [2.45, 2.75) is 11.9 Å². The molecule has 0 radical (unpaired) electrons. The van der Waals surface area contributed by atoms with Gasteiger partial charge in [-0.25, -0.2) is 19.6 Å². The summed E-state index contributed by atoms with van der Waals surface area (Å²) in [6.45, 7) is 1.83. The molecule has 0 bridgehead atoms. The first-order valence-corrected chi connectivity index (χ1v) is 5.63. The van der Waals surface area contributed by atoms with Crippen molar-refractivity contribution < 1.29 is 13.9 Å². The minimum atomic E-state index is -0.834. The summed E-state index contributed by atoms with van der Waals surface area (Å²) in [5, 5.41) is 8.87. The Morgan fingerprint density at radius 1 is 1.56 bits per heavy atom. The van der Waals surface area contributed by atoms with E-state index in [1.54, 1.807) is 0 Å². The molecular formula is C9H13F2N3OS. The Morgan fingerprint density at radius 3 is 2.81 bits per heavy atom. The van der Waals surface area contributed by atoms with E-state index in [0.717, 1.165) is 17.8 Å². The van der Waals surface area contributed by atoms with Gasteiger partial charge in [0.25, 0.3) is 0 Å². The van der Waals surface area contributed by atoms with Crippen LogP contribution in [0, 0.1) is 17.6 Å². The molecule has 1 atom stereocenters. The van der Waals surface area contributed by atoms with E-state index in [1.165, 1.54) is 0 Å². The lowest BCUT2D eigenvalue weighted by atomic mass is 10.2. The maximum atomic E-state index is 13.3. The fraction of sp³-hybridized carbons (Fsp3) is 0.444. The summed E-state index contributed by atoms with van der Waals surface area (Å²) in [5.41, 5.74) is 2.05. The standard InChI is InChI=1S/C9H13F2N3OS/c1-5(3-15)4-16-9-7(11)2-6(10)8(13-9)14-12/h2,5,15H,3-4,12H2,1H3,(H,13,14). The first-order valence-electron chi connectivity index (χ1n) is 4.64. The van der Waals surface area contributed by atoms with E-state index in [4.69, 9.17) is 10.9 Å². The monoisotopic (exact) mass is 249 g/mol. The number of pyridine rings is 1. The van der Waals surface area contributed by atoms with Crippen LogP contribution in [0.2, 0.25) is 0 Å². The van der Waals surface area contributed by atoms with Crippen molar-refractivity contribution in [3.05, 3.63) is 17.7 Å². The van der Waals surface area contributed by atoms with E-state index in [1.807, 2.05) is 12.3 Å². The second-order valence-corrected chi connectivity index (χ2v) is 4.36. The fourth-order valence-corrected chi connectivity index (χ4v) is 1.83. The van der Waals surface area contributed by atoms with Crippen molar-refractivity contribution in [1.29, 1.82) is 0 Å². The van der Waals surface area contributed by atoms with Crippen molar-refractivity contribution in [1.82, 2.24) is 4.98 Å². The number of aliphatic hydroxyl groups excluding tert-OH is 1. The molecule has 0 amide bonds. The highest BCUT2D eigenvalue weighted by molar-refractivity contribution is 7.99. The molecular weight excluding hydrogens is 236 g/mol. The molecule has 4 N–H and O–H groups in total. The molecule has 0 aliphatic carbocycles. The molecule has 1 unspecified atom stereocenters. The molecule has 7 heteroatoms. The molecule has 0 saturated carbocycles. The molecule has 1 aromatic heterocycles. The van der Waals surface area contributed by atoms with Crippen LogP contribution >= 0.6 is 11.8 Å². The molecule has 0 fully saturated rings. The summed E-state index contributed by atoms with van der Waals surface area (Å²) in [4.78, 5) is 3.69. The average Bonchev–Trinajstić information content (AvgIpc) is 2.27. The van der Waals surface area contributed by atoms with Crippen LogP contribution in [0.15, 0.2) is 11.1 Å². The Labute approximate surface area is 96.2 Å². The number of thioether (sulfide) groups is 1. The van der Waals surface area contributed by atoms with Crippen LogP contribution in [-0.2, 0) is 0 Å². The zero-order chi connectivity index (χ0) is 12.1. The van der Waals surface area contributed by atoms with E-state index >= 15 is 0 Å². The first kappa shape index (κ1) is 13.1. The quantitative estimate of drug-likeness (QED) is 0.417. The largest absolute Gasteiger partial charge is 0.396 e. The van der Waals surface area contributed by atoms with Crippen LogP contribution in [0.25, 0.3) is 0 Å². The highest BCUT2D eigenvalue weighted by Gasteiger charge is 2.12. The Kier molecular flexibility index (Phi) is 4.91. The smallest absolute Gasteiger partial charge is 0.177 e. The van der Waals surface area contributed by atoms with Gasteiger partial charge in [-0.3, -0.25) is 0 Å². The minimum Gasteiger partial charge on any atom is -0.396 e. The summed E-state index contributed by atoms with van der Waals surface area (Å²) >= 11 is 1.11. The highest BCUT2D eigenvalue weighted by Crippen LogP contribution is 2.24. The van der Waals surface area contributed by atoms with Crippen LogP contribution in [0.1, 0.15) is 6.92 Å². The van der Waals surface area contributed by atoms with E-state index in [9.17, 15) is 8.78 Å². The van der Waals surface area contributed by atoms with E-state index in [2.05, 4.69) is 4.98 Å². The van der Waals surface area contributed by atoms with E-state index < -0.39 is 11.6 Å². The molecule has 0 aliphatic heterocycles. The highest BCUT2D eigenvalue weighted by atomic mass is 32.2. The predicted molar refractivity (Wildman–Crippen MR) is 58.9 cm³/mol. The molecule has 1 rings (SSSR count). The fourth-order valence-electron chi connectivity index (χ4n) is 0.926. The van der Waals surface area contributed by atoms with Crippen molar-refractivity contribution in [3.63, 3.8) is 0 Å². The lowest BCUT2D eigenvalue weighted by Gasteiger charge is -2.09. The van der Waals surface area contributed by atoms with Gasteiger partial charge in [0.05, 0.1) is 0 Å². The lowest BCUT2D eigenvalue weighted by Crippen LogP contribution is -2.12. The Hall–Kier alpha value is -0.920. The maximum absolute atomic E-state index is 13.3. The Morgan fingerprint density at radius 2 is 2.25 bits per heavy atom. The molecule has 1 heterocycles. The average molecular weight is 249 g/mol. The van der Waals surface area contributed by atoms with Crippen molar-refractivity contribution in [2.75, 3.05) is 17.8 Å². The summed E-state index contributed by atoms with van der Waals surface area (Å²) < 4.78 is 26.3. The number of nitrogens with two attached hydrogens (primary N) is 1. The molecule has 4 nitrogen and oxygen atoms in total. The number of hydrogen-bond donors (Lipinski definition) is 3. The molecule has 90 valence electrons. The predicted octanol–water partition coefficient (Wildman–Crippen LogP) is 1.37. The number of halogens is 2. The van der Waals surface area contributed by atoms with Crippen LogP contribution in [0.3, 0.4) is 0 Å². The molecule has 0 aromatic carbocycles. The molecule has 16 heavy (non-hydrogen) atoms. The van der Waals surface area contributed by atoms with Gasteiger partial charge in [-0.2, -0.15) is 0 Å². The number of anilines is 1. The number of rotatable bonds is 5. The van der Waals surface area contributed by atoms with Gasteiger partial charge in [0.2, 0.25) is 0 Å². The first-order chi connectivity index (χ1) is 7.58. The molecule has 0 spiro atoms. The number of hydrogen-bond acceptors (Lipinski definition) is 5. The van der Waals surface area contributed by atoms with Crippen LogP contribution < -0.4 is 11.3 Å². The van der Waals surface area contributed by atoms with Gasteiger partial charge >= 0.3 is 0 Å². The summed E-state index contributed by atoms with van der Waals surface area (Å²) in [6, 6.07) is 0.730. The van der Waals surface area contributed by atoms with Crippen LogP contribution in [-0.4, -0.2) is 22.5 Å². The van der Waals surface area contributed by atoms with Gasteiger partial charge in [-0.1, -0.05) is 6.92 Å². The Bertz CT molecular complexity index is 365. The van der Waals surface area contributed by atoms with Gasteiger partial charge in [0.1, 0.15) is 5.03 Å². The van der Waals surface area contributed by atoms with Crippen LogP contribution in [0.5, 0.6) is 0 Å². The van der Waals surface area contributed by atoms with E-state index in [0.29, 0.717) is 5.75 Å². The minimum absolute atomic E-state index is 0.0117. The van der Waals surface area contributed by atoms with Gasteiger partial charge < -0.3 is 10.5 Å². The van der Waals surface area contributed by atoms with Gasteiger partial charge in [-0.15, -0.1) is 11.8 Å². The number of aliphatic hydroxyl groups is 1. The zero-order valence-corrected chi connectivity index (χ0v) is 9.52. The molecule has 0 saturated heterocycles. The lowest BCUT2D eigenvalue weighted by molar-refractivity contribution is 0.250. The number of nitrogens with one attached hydrogen (secondary N) is 1. The third-order valence-corrected chi connectivity index (χ3v) is 3.15. The van der Waals surface area contributed by atoms with Crippen molar-refractivity contribution in [3.8, 4) is 0 Å². The Balaban J connectivity index is 2.79.